The second-order valence-corrected chi connectivity index (χ2v) is 9.27. The Bertz CT molecular complexity index is 1350. The second kappa shape index (κ2) is 11.4. The Morgan fingerprint density at radius 2 is 1.89 bits per heavy atom. The van der Waals surface area contributed by atoms with Crippen LogP contribution in [0.5, 0.6) is 17.2 Å². The molecule has 0 spiro atoms. The zero-order valence-electron chi connectivity index (χ0n) is 21.3. The molecule has 38 heavy (non-hydrogen) atoms. The largest absolute Gasteiger partial charge is 0.507 e. The predicted molar refractivity (Wildman–Crippen MR) is 141 cm³/mol. The van der Waals surface area contributed by atoms with Crippen molar-refractivity contribution in [2.45, 2.75) is 38.8 Å². The second-order valence-electron chi connectivity index (χ2n) is 9.27. The number of aliphatic hydroxyl groups excluding tert-OH is 1. The Hall–Kier alpha value is -4.33. The van der Waals surface area contributed by atoms with Crippen LogP contribution in [0.4, 0.5) is 0 Å². The van der Waals surface area contributed by atoms with Crippen LogP contribution in [0.15, 0.2) is 72.6 Å². The van der Waals surface area contributed by atoms with E-state index in [-0.39, 0.29) is 17.9 Å². The summed E-state index contributed by atoms with van der Waals surface area (Å²) in [6.07, 6.45) is 6.40. The van der Waals surface area contributed by atoms with Gasteiger partial charge < -0.3 is 24.2 Å². The summed E-state index contributed by atoms with van der Waals surface area (Å²) in [5.41, 5.74) is 1.81. The standard InChI is InChI=1S/C30H30N2O6/c1-2-3-4-13-36-23-9-5-8-21(16-23)27-26(28(33)22-10-11-24-25(17-22)38-15-14-37-24)29(34)30(35)32(27)19-20-7-6-12-31-18-20/h5-12,16-18,27,33H,2-4,13-15,19H2,1H3/b28-26+/t27-/m1/s1. The molecule has 0 unspecified atom stereocenters. The highest BCUT2D eigenvalue weighted by Gasteiger charge is 2.46. The minimum Gasteiger partial charge on any atom is -0.507 e. The third kappa shape index (κ3) is 5.20. The summed E-state index contributed by atoms with van der Waals surface area (Å²) < 4.78 is 17.2. The fourth-order valence-corrected chi connectivity index (χ4v) is 4.74. The summed E-state index contributed by atoms with van der Waals surface area (Å²) in [6, 6.07) is 15.1. The van der Waals surface area contributed by atoms with Crippen LogP contribution in [0.25, 0.3) is 5.76 Å². The number of aliphatic hydroxyl groups is 1. The minimum absolute atomic E-state index is 0.0127. The van der Waals surface area contributed by atoms with Crippen molar-refractivity contribution in [2.24, 2.45) is 0 Å². The van der Waals surface area contributed by atoms with Crippen molar-refractivity contribution in [2.75, 3.05) is 19.8 Å². The fourth-order valence-electron chi connectivity index (χ4n) is 4.74. The zero-order chi connectivity index (χ0) is 26.5. The first-order valence-corrected chi connectivity index (χ1v) is 12.9. The summed E-state index contributed by atoms with van der Waals surface area (Å²) >= 11 is 0. The van der Waals surface area contributed by atoms with E-state index in [0.717, 1.165) is 24.8 Å². The lowest BCUT2D eigenvalue weighted by Gasteiger charge is -2.26. The van der Waals surface area contributed by atoms with E-state index in [0.29, 0.717) is 48.2 Å². The fraction of sp³-hybridized carbons (Fsp3) is 0.300. The smallest absolute Gasteiger partial charge is 0.295 e. The molecular weight excluding hydrogens is 484 g/mol. The van der Waals surface area contributed by atoms with E-state index >= 15 is 0 Å². The number of nitrogens with zero attached hydrogens (tertiary/aromatic N) is 2. The number of ether oxygens (including phenoxy) is 3. The number of aromatic nitrogens is 1. The number of rotatable bonds is 9. The molecule has 196 valence electrons. The average molecular weight is 515 g/mol. The Kier molecular flexibility index (Phi) is 7.58. The Labute approximate surface area is 221 Å². The van der Waals surface area contributed by atoms with E-state index < -0.39 is 17.7 Å². The monoisotopic (exact) mass is 514 g/mol. The highest BCUT2D eigenvalue weighted by atomic mass is 16.6. The maximum Gasteiger partial charge on any atom is 0.295 e. The van der Waals surface area contributed by atoms with Crippen molar-refractivity contribution < 1.29 is 28.9 Å². The SMILES string of the molecule is CCCCCOc1cccc([C@@H]2/C(=C(\O)c3ccc4c(c3)OCCO4)C(=O)C(=O)N2Cc2cccnc2)c1. The van der Waals surface area contributed by atoms with Crippen LogP contribution in [0.2, 0.25) is 0 Å². The van der Waals surface area contributed by atoms with Gasteiger partial charge in [-0.05, 0) is 53.9 Å². The van der Waals surface area contributed by atoms with Gasteiger partial charge in [0.25, 0.3) is 11.7 Å². The number of fused-ring (bicyclic) bond motifs is 1. The molecule has 1 amide bonds. The van der Waals surface area contributed by atoms with E-state index in [1.807, 2.05) is 30.3 Å². The first kappa shape index (κ1) is 25.3. The quantitative estimate of drug-likeness (QED) is 0.185. The van der Waals surface area contributed by atoms with Crippen LogP contribution < -0.4 is 14.2 Å². The Balaban J connectivity index is 1.56. The van der Waals surface area contributed by atoms with Gasteiger partial charge in [0.15, 0.2) is 11.5 Å². The van der Waals surface area contributed by atoms with Crippen molar-refractivity contribution in [1.29, 1.82) is 0 Å². The number of amides is 1. The van der Waals surface area contributed by atoms with Crippen molar-refractivity contribution in [3.63, 3.8) is 0 Å². The van der Waals surface area contributed by atoms with Gasteiger partial charge in [0.05, 0.1) is 18.2 Å². The molecule has 3 aromatic rings. The molecule has 1 aromatic heterocycles. The summed E-state index contributed by atoms with van der Waals surface area (Å²) in [4.78, 5) is 32.4. The molecule has 3 heterocycles. The molecule has 2 aliphatic heterocycles. The molecule has 2 aromatic carbocycles. The maximum atomic E-state index is 13.4. The van der Waals surface area contributed by atoms with Gasteiger partial charge >= 0.3 is 0 Å². The van der Waals surface area contributed by atoms with Crippen molar-refractivity contribution in [1.82, 2.24) is 9.88 Å². The average Bonchev–Trinajstić information content (AvgIpc) is 3.20. The molecule has 8 heteroatoms. The molecule has 0 aliphatic carbocycles. The Morgan fingerprint density at radius 1 is 1.05 bits per heavy atom. The molecule has 8 nitrogen and oxygen atoms in total. The number of carbonyl (C=O) groups excluding carboxylic acids is 2. The van der Waals surface area contributed by atoms with Crippen LogP contribution in [-0.2, 0) is 16.1 Å². The highest BCUT2D eigenvalue weighted by Crippen LogP contribution is 2.42. The molecule has 0 radical (unpaired) electrons. The summed E-state index contributed by atoms with van der Waals surface area (Å²) in [6.45, 7) is 3.69. The predicted octanol–water partition coefficient (Wildman–Crippen LogP) is 5.04. The van der Waals surface area contributed by atoms with E-state index in [2.05, 4.69) is 11.9 Å². The van der Waals surface area contributed by atoms with Gasteiger partial charge in [-0.25, -0.2) is 0 Å². The van der Waals surface area contributed by atoms with Gasteiger partial charge in [-0.2, -0.15) is 0 Å². The normalized spacial score (nSPS) is 18.0. The number of likely N-dealkylation sites (tertiary alicyclic amines) is 1. The Morgan fingerprint density at radius 3 is 2.68 bits per heavy atom. The van der Waals surface area contributed by atoms with Gasteiger partial charge in [-0.15, -0.1) is 0 Å². The van der Waals surface area contributed by atoms with Crippen LogP contribution in [0.1, 0.15) is 48.9 Å². The van der Waals surface area contributed by atoms with Crippen molar-refractivity contribution >= 4 is 17.4 Å². The third-order valence-corrected chi connectivity index (χ3v) is 6.62. The molecule has 1 atom stereocenters. The lowest BCUT2D eigenvalue weighted by molar-refractivity contribution is -0.140. The van der Waals surface area contributed by atoms with Crippen LogP contribution >= 0.6 is 0 Å². The molecule has 1 fully saturated rings. The van der Waals surface area contributed by atoms with Gasteiger partial charge in [-0.3, -0.25) is 14.6 Å². The number of carbonyl (C=O) groups is 2. The zero-order valence-corrected chi connectivity index (χ0v) is 21.3. The van der Waals surface area contributed by atoms with Gasteiger partial charge in [0, 0.05) is 24.5 Å². The summed E-state index contributed by atoms with van der Waals surface area (Å²) in [7, 11) is 0. The minimum atomic E-state index is -0.817. The van der Waals surface area contributed by atoms with Gasteiger partial charge in [-0.1, -0.05) is 38.0 Å². The topological polar surface area (TPSA) is 98.2 Å². The number of hydrogen-bond donors (Lipinski definition) is 1. The molecule has 1 saturated heterocycles. The third-order valence-electron chi connectivity index (χ3n) is 6.62. The van der Waals surface area contributed by atoms with Crippen molar-refractivity contribution in [3.8, 4) is 17.2 Å². The van der Waals surface area contributed by atoms with Crippen LogP contribution in [-0.4, -0.2) is 46.5 Å². The summed E-state index contributed by atoms with van der Waals surface area (Å²) in [5.74, 6) is -0.0239. The molecule has 0 saturated carbocycles. The number of hydrogen-bond acceptors (Lipinski definition) is 7. The molecule has 1 N–H and O–H groups in total. The number of Topliss-reactive ketones (excluding diaryl/α,β-unsaturated/α-hetero) is 1. The lowest BCUT2D eigenvalue weighted by atomic mass is 9.95. The first-order valence-electron chi connectivity index (χ1n) is 12.9. The van der Waals surface area contributed by atoms with Crippen LogP contribution in [0, 0.1) is 0 Å². The number of pyridine rings is 1. The van der Waals surface area contributed by atoms with Crippen molar-refractivity contribution in [3.05, 3.63) is 89.3 Å². The molecular formula is C30H30N2O6. The lowest BCUT2D eigenvalue weighted by Crippen LogP contribution is -2.29. The van der Waals surface area contributed by atoms with Gasteiger partial charge in [0.2, 0.25) is 0 Å². The van der Waals surface area contributed by atoms with E-state index in [9.17, 15) is 14.7 Å². The number of ketones is 1. The molecule has 2 aliphatic rings. The van der Waals surface area contributed by atoms with E-state index in [1.165, 1.54) is 4.90 Å². The summed E-state index contributed by atoms with van der Waals surface area (Å²) in [5, 5.41) is 11.4. The van der Waals surface area contributed by atoms with Crippen LogP contribution in [0.3, 0.4) is 0 Å². The highest BCUT2D eigenvalue weighted by molar-refractivity contribution is 6.46. The number of benzene rings is 2. The maximum absolute atomic E-state index is 13.4. The van der Waals surface area contributed by atoms with E-state index in [4.69, 9.17) is 14.2 Å². The number of unbranched alkanes of at least 4 members (excludes halogenated alkanes) is 2. The van der Waals surface area contributed by atoms with Gasteiger partial charge in [0.1, 0.15) is 24.7 Å². The molecule has 0 bridgehead atoms. The van der Waals surface area contributed by atoms with E-state index in [1.54, 1.807) is 36.7 Å². The molecule has 5 rings (SSSR count). The first-order chi connectivity index (χ1) is 18.6.